The normalized spacial score (nSPS) is 20.1. The van der Waals surface area contributed by atoms with E-state index in [1.807, 2.05) is 0 Å². The fraction of sp³-hybridized carbons (Fsp3) is 0.650. The lowest BCUT2D eigenvalue weighted by Gasteiger charge is -2.35. The van der Waals surface area contributed by atoms with Crippen molar-refractivity contribution in [2.24, 2.45) is 11.7 Å². The van der Waals surface area contributed by atoms with E-state index >= 15 is 0 Å². The minimum absolute atomic E-state index is 0.213. The molecule has 4 nitrogen and oxygen atoms in total. The van der Waals surface area contributed by atoms with Gasteiger partial charge in [0.15, 0.2) is 0 Å². The molecule has 1 saturated heterocycles. The summed E-state index contributed by atoms with van der Waals surface area (Å²) in [5.41, 5.74) is 5.06. The molecule has 6 heteroatoms. The molecule has 0 unspecified atom stereocenters. The highest BCUT2D eigenvalue weighted by molar-refractivity contribution is 6.30. The standard InChI is InChI=1S/C14H26N2O2.C6H4ClF/c15-13(17)14(7-10-18-11-8-14)16-9-6-12-4-2-1-3-5-12;7-5-2-1-3-6(8)4-5/h12,16H,1-11H2,(H2,15,17);1-4H. The average molecular weight is 385 g/mol. The van der Waals surface area contributed by atoms with Crippen molar-refractivity contribution in [3.05, 3.63) is 35.1 Å². The Morgan fingerprint density at radius 3 is 2.50 bits per heavy atom. The van der Waals surface area contributed by atoms with E-state index in [1.165, 1.54) is 50.7 Å². The third kappa shape index (κ3) is 6.86. The first kappa shape index (κ1) is 21.1. The Hall–Kier alpha value is -1.17. The van der Waals surface area contributed by atoms with E-state index in [0.29, 0.717) is 31.1 Å². The second kappa shape index (κ2) is 10.9. The smallest absolute Gasteiger partial charge is 0.237 e. The predicted octanol–water partition coefficient (Wildman–Crippen LogP) is 4.06. The molecule has 0 atom stereocenters. The Kier molecular flexibility index (Phi) is 8.82. The fourth-order valence-corrected chi connectivity index (χ4v) is 3.86. The molecule has 1 aromatic carbocycles. The summed E-state index contributed by atoms with van der Waals surface area (Å²) in [6.45, 7) is 2.19. The summed E-state index contributed by atoms with van der Waals surface area (Å²) in [7, 11) is 0. The number of nitrogens with one attached hydrogen (secondary N) is 1. The number of primary amides is 1. The van der Waals surface area contributed by atoms with E-state index < -0.39 is 5.54 Å². The maximum atomic E-state index is 12.1. The summed E-state index contributed by atoms with van der Waals surface area (Å²) in [5.74, 6) is 0.336. The summed E-state index contributed by atoms with van der Waals surface area (Å²) in [5, 5.41) is 3.86. The van der Waals surface area contributed by atoms with Crippen molar-refractivity contribution in [2.45, 2.75) is 56.9 Å². The van der Waals surface area contributed by atoms with Crippen LogP contribution in [0.15, 0.2) is 24.3 Å². The molecule has 1 aliphatic heterocycles. The Balaban J connectivity index is 0.000000254. The van der Waals surface area contributed by atoms with Crippen LogP contribution >= 0.6 is 11.6 Å². The van der Waals surface area contributed by atoms with Gasteiger partial charge in [0.05, 0.1) is 0 Å². The van der Waals surface area contributed by atoms with E-state index in [1.54, 1.807) is 12.1 Å². The van der Waals surface area contributed by atoms with E-state index in [4.69, 9.17) is 22.1 Å². The molecular weight excluding hydrogens is 355 g/mol. The number of nitrogens with two attached hydrogens (primary N) is 1. The number of hydrogen-bond acceptors (Lipinski definition) is 3. The number of benzene rings is 1. The molecule has 2 fully saturated rings. The quantitative estimate of drug-likeness (QED) is 0.804. The number of hydrogen-bond donors (Lipinski definition) is 2. The number of carbonyl (C=O) groups is 1. The first-order chi connectivity index (χ1) is 12.5. The first-order valence-corrected chi connectivity index (χ1v) is 9.93. The van der Waals surface area contributed by atoms with Gasteiger partial charge in [0, 0.05) is 18.2 Å². The van der Waals surface area contributed by atoms with Crippen LogP contribution in [0, 0.1) is 11.7 Å². The maximum absolute atomic E-state index is 12.1. The molecule has 0 radical (unpaired) electrons. The summed E-state index contributed by atoms with van der Waals surface area (Å²) >= 11 is 5.40. The summed E-state index contributed by atoms with van der Waals surface area (Å²) in [4.78, 5) is 11.7. The van der Waals surface area contributed by atoms with Crippen LogP contribution in [-0.4, -0.2) is 31.2 Å². The molecule has 1 aromatic rings. The average Bonchev–Trinajstić information content (AvgIpc) is 2.64. The predicted molar refractivity (Wildman–Crippen MR) is 103 cm³/mol. The van der Waals surface area contributed by atoms with Crippen LogP contribution in [0.25, 0.3) is 0 Å². The molecule has 1 amide bonds. The largest absolute Gasteiger partial charge is 0.381 e. The highest BCUT2D eigenvalue weighted by Crippen LogP contribution is 2.27. The van der Waals surface area contributed by atoms with Crippen LogP contribution < -0.4 is 11.1 Å². The van der Waals surface area contributed by atoms with Crippen LogP contribution in [0.3, 0.4) is 0 Å². The van der Waals surface area contributed by atoms with Crippen molar-refractivity contribution < 1.29 is 13.9 Å². The monoisotopic (exact) mass is 384 g/mol. The van der Waals surface area contributed by atoms with E-state index in [0.717, 1.165) is 12.5 Å². The van der Waals surface area contributed by atoms with Crippen LogP contribution in [-0.2, 0) is 9.53 Å². The molecule has 3 N–H and O–H groups in total. The highest BCUT2D eigenvalue weighted by atomic mass is 35.5. The molecule has 0 bridgehead atoms. The third-order valence-corrected chi connectivity index (χ3v) is 5.58. The van der Waals surface area contributed by atoms with Crippen LogP contribution in [0.1, 0.15) is 51.4 Å². The zero-order chi connectivity index (χ0) is 18.8. The van der Waals surface area contributed by atoms with Gasteiger partial charge in [0.25, 0.3) is 0 Å². The minimum Gasteiger partial charge on any atom is -0.381 e. The summed E-state index contributed by atoms with van der Waals surface area (Å²) < 4.78 is 17.4. The molecular formula is C20H30ClFN2O2. The van der Waals surface area contributed by atoms with Gasteiger partial charge >= 0.3 is 0 Å². The Morgan fingerprint density at radius 1 is 1.27 bits per heavy atom. The fourth-order valence-electron chi connectivity index (χ4n) is 3.68. The van der Waals surface area contributed by atoms with Crippen LogP contribution in [0.5, 0.6) is 0 Å². The molecule has 1 aliphatic carbocycles. The van der Waals surface area contributed by atoms with Crippen molar-refractivity contribution in [1.29, 1.82) is 0 Å². The van der Waals surface area contributed by atoms with Crippen molar-refractivity contribution in [3.63, 3.8) is 0 Å². The van der Waals surface area contributed by atoms with Crippen molar-refractivity contribution >= 4 is 17.5 Å². The number of amides is 1. The van der Waals surface area contributed by atoms with Gasteiger partial charge in [0.1, 0.15) is 11.4 Å². The lowest BCUT2D eigenvalue weighted by molar-refractivity contribution is -0.128. The molecule has 1 heterocycles. The molecule has 3 rings (SSSR count). The summed E-state index contributed by atoms with van der Waals surface area (Å²) in [6, 6.07) is 5.82. The molecule has 1 saturated carbocycles. The second-order valence-electron chi connectivity index (χ2n) is 7.22. The molecule has 146 valence electrons. The van der Waals surface area contributed by atoms with E-state index in [9.17, 15) is 9.18 Å². The summed E-state index contributed by atoms with van der Waals surface area (Å²) in [6.07, 6.45) is 9.46. The number of carbonyl (C=O) groups excluding carboxylic acids is 1. The van der Waals surface area contributed by atoms with Gasteiger partial charge in [-0.15, -0.1) is 0 Å². The Morgan fingerprint density at radius 2 is 1.96 bits per heavy atom. The topological polar surface area (TPSA) is 64.4 Å². The van der Waals surface area contributed by atoms with E-state index in [2.05, 4.69) is 5.32 Å². The Labute approximate surface area is 160 Å². The van der Waals surface area contributed by atoms with Crippen molar-refractivity contribution in [2.75, 3.05) is 19.8 Å². The molecule has 0 spiro atoms. The zero-order valence-corrected chi connectivity index (χ0v) is 16.1. The lowest BCUT2D eigenvalue weighted by atomic mass is 9.85. The SMILES string of the molecule is Fc1cccc(Cl)c1.NC(=O)C1(NCCC2CCCCC2)CCOCC1. The number of ether oxygens (including phenoxy) is 1. The third-order valence-electron chi connectivity index (χ3n) is 5.35. The van der Waals surface area contributed by atoms with Crippen LogP contribution in [0.4, 0.5) is 4.39 Å². The van der Waals surface area contributed by atoms with Gasteiger partial charge in [-0.1, -0.05) is 49.8 Å². The highest BCUT2D eigenvalue weighted by Gasteiger charge is 2.37. The van der Waals surface area contributed by atoms with Gasteiger partial charge in [-0.2, -0.15) is 0 Å². The zero-order valence-electron chi connectivity index (χ0n) is 15.3. The first-order valence-electron chi connectivity index (χ1n) is 9.55. The second-order valence-corrected chi connectivity index (χ2v) is 7.65. The molecule has 0 aromatic heterocycles. The molecule has 26 heavy (non-hydrogen) atoms. The van der Waals surface area contributed by atoms with Gasteiger partial charge in [-0.05, 0) is 49.9 Å². The number of halogens is 2. The Bertz CT molecular complexity index is 541. The van der Waals surface area contributed by atoms with Crippen molar-refractivity contribution in [1.82, 2.24) is 5.32 Å². The maximum Gasteiger partial charge on any atom is 0.237 e. The number of rotatable bonds is 5. The van der Waals surface area contributed by atoms with Gasteiger partial charge < -0.3 is 15.8 Å². The van der Waals surface area contributed by atoms with Gasteiger partial charge in [-0.3, -0.25) is 4.79 Å². The minimum atomic E-state index is -0.507. The van der Waals surface area contributed by atoms with E-state index in [-0.39, 0.29) is 11.7 Å². The lowest BCUT2D eigenvalue weighted by Crippen LogP contribution is -2.58. The van der Waals surface area contributed by atoms with Gasteiger partial charge in [0.2, 0.25) is 5.91 Å². The molecule has 2 aliphatic rings. The van der Waals surface area contributed by atoms with Crippen molar-refractivity contribution in [3.8, 4) is 0 Å². The van der Waals surface area contributed by atoms with Gasteiger partial charge in [-0.25, -0.2) is 4.39 Å². The van der Waals surface area contributed by atoms with Crippen LogP contribution in [0.2, 0.25) is 5.02 Å².